The van der Waals surface area contributed by atoms with E-state index in [2.05, 4.69) is 4.98 Å². The number of halogens is 1. The molecule has 0 saturated carbocycles. The number of aromatic nitrogens is 1. The number of nitrogens with zero attached hydrogens (tertiary/aromatic N) is 1. The van der Waals surface area contributed by atoms with E-state index in [1.54, 1.807) is 24.5 Å². The van der Waals surface area contributed by atoms with Gasteiger partial charge in [0, 0.05) is 11.8 Å². The van der Waals surface area contributed by atoms with E-state index in [9.17, 15) is 9.18 Å². The third kappa shape index (κ3) is 2.30. The van der Waals surface area contributed by atoms with Crippen molar-refractivity contribution in [1.82, 2.24) is 4.98 Å². The lowest BCUT2D eigenvalue weighted by molar-refractivity contribution is 0.112. The maximum atomic E-state index is 13.4. The van der Waals surface area contributed by atoms with Crippen molar-refractivity contribution in [3.05, 3.63) is 48.0 Å². The molecule has 0 saturated heterocycles. The van der Waals surface area contributed by atoms with Gasteiger partial charge < -0.3 is 4.74 Å². The molecule has 86 valence electrons. The van der Waals surface area contributed by atoms with Crippen LogP contribution in [0.15, 0.2) is 36.7 Å². The highest BCUT2D eigenvalue weighted by molar-refractivity contribution is 5.77. The number of methoxy groups -OCH3 is 1. The molecule has 1 aromatic heterocycles. The number of rotatable bonds is 3. The summed E-state index contributed by atoms with van der Waals surface area (Å²) < 4.78 is 18.5. The molecule has 1 aromatic carbocycles. The number of aldehydes is 1. The Morgan fingerprint density at radius 3 is 2.71 bits per heavy atom. The van der Waals surface area contributed by atoms with Crippen LogP contribution >= 0.6 is 0 Å². The van der Waals surface area contributed by atoms with Crippen LogP contribution in [0.2, 0.25) is 0 Å². The first-order valence-electron chi connectivity index (χ1n) is 4.98. The number of pyridine rings is 1. The van der Waals surface area contributed by atoms with Gasteiger partial charge in [0.1, 0.15) is 11.6 Å². The maximum Gasteiger partial charge on any atom is 0.152 e. The molecule has 2 aromatic rings. The molecule has 0 unspecified atom stereocenters. The summed E-state index contributed by atoms with van der Waals surface area (Å²) in [6.45, 7) is 0. The number of carbonyl (C=O) groups excluding carboxylic acids is 1. The highest BCUT2D eigenvalue weighted by atomic mass is 19.1. The fourth-order valence-electron chi connectivity index (χ4n) is 1.49. The van der Waals surface area contributed by atoms with Crippen molar-refractivity contribution in [2.45, 2.75) is 0 Å². The molecule has 4 heteroatoms. The number of hydrogen-bond donors (Lipinski definition) is 0. The fourth-order valence-corrected chi connectivity index (χ4v) is 1.49. The molecule has 0 aliphatic carbocycles. The first-order chi connectivity index (χ1) is 8.24. The summed E-state index contributed by atoms with van der Waals surface area (Å²) in [5.41, 5.74) is 1.44. The standard InChI is InChI=1S/C13H10FNO2/c1-17-12-4-11(6-15-7-12)9-2-3-10(8-16)13(14)5-9/h2-8H,1H3. The van der Waals surface area contributed by atoms with Crippen molar-refractivity contribution in [3.63, 3.8) is 0 Å². The fraction of sp³-hybridized carbons (Fsp3) is 0.0769. The molecule has 0 amide bonds. The van der Waals surface area contributed by atoms with Gasteiger partial charge in [-0.1, -0.05) is 6.07 Å². The number of benzene rings is 1. The molecular formula is C13H10FNO2. The lowest BCUT2D eigenvalue weighted by Crippen LogP contribution is -1.90. The van der Waals surface area contributed by atoms with Crippen molar-refractivity contribution in [2.75, 3.05) is 7.11 Å². The zero-order chi connectivity index (χ0) is 12.3. The van der Waals surface area contributed by atoms with Gasteiger partial charge in [-0.3, -0.25) is 9.78 Å². The Morgan fingerprint density at radius 2 is 2.06 bits per heavy atom. The van der Waals surface area contributed by atoms with Crippen LogP contribution in [-0.2, 0) is 0 Å². The summed E-state index contributed by atoms with van der Waals surface area (Å²) in [4.78, 5) is 14.5. The summed E-state index contributed by atoms with van der Waals surface area (Å²) in [5, 5.41) is 0. The molecule has 2 rings (SSSR count). The Bertz CT molecular complexity index is 555. The molecule has 0 atom stereocenters. The van der Waals surface area contributed by atoms with Gasteiger partial charge in [0.2, 0.25) is 0 Å². The van der Waals surface area contributed by atoms with Gasteiger partial charge in [-0.15, -0.1) is 0 Å². The van der Waals surface area contributed by atoms with Crippen molar-refractivity contribution < 1.29 is 13.9 Å². The predicted octanol–water partition coefficient (Wildman–Crippen LogP) is 2.71. The average Bonchev–Trinajstić information content (AvgIpc) is 2.38. The van der Waals surface area contributed by atoms with E-state index >= 15 is 0 Å². The summed E-state index contributed by atoms with van der Waals surface area (Å²) in [6.07, 6.45) is 3.67. The molecule has 17 heavy (non-hydrogen) atoms. The Hall–Kier alpha value is -2.23. The second-order valence-electron chi connectivity index (χ2n) is 3.47. The SMILES string of the molecule is COc1cncc(-c2ccc(C=O)c(F)c2)c1. The topological polar surface area (TPSA) is 39.2 Å². The van der Waals surface area contributed by atoms with E-state index in [4.69, 9.17) is 4.74 Å². The van der Waals surface area contributed by atoms with E-state index in [1.807, 2.05) is 0 Å². The van der Waals surface area contributed by atoms with Crippen LogP contribution in [0, 0.1) is 5.82 Å². The summed E-state index contributed by atoms with van der Waals surface area (Å²) >= 11 is 0. The third-order valence-corrected chi connectivity index (χ3v) is 2.41. The molecule has 0 radical (unpaired) electrons. The largest absolute Gasteiger partial charge is 0.495 e. The van der Waals surface area contributed by atoms with E-state index in [-0.39, 0.29) is 5.56 Å². The number of hydrogen-bond acceptors (Lipinski definition) is 3. The number of ether oxygens (including phenoxy) is 1. The Kier molecular flexibility index (Phi) is 3.14. The first-order valence-corrected chi connectivity index (χ1v) is 4.98. The monoisotopic (exact) mass is 231 g/mol. The molecule has 0 bridgehead atoms. The van der Waals surface area contributed by atoms with Crippen LogP contribution in [0.4, 0.5) is 4.39 Å². The zero-order valence-corrected chi connectivity index (χ0v) is 9.18. The summed E-state index contributed by atoms with van der Waals surface area (Å²) in [7, 11) is 1.54. The summed E-state index contributed by atoms with van der Waals surface area (Å²) in [5.74, 6) is 0.0580. The van der Waals surface area contributed by atoms with Crippen molar-refractivity contribution in [2.24, 2.45) is 0 Å². The van der Waals surface area contributed by atoms with Crippen LogP contribution in [0.5, 0.6) is 5.75 Å². The molecule has 0 aliphatic rings. The van der Waals surface area contributed by atoms with Crippen LogP contribution in [0.3, 0.4) is 0 Å². The van der Waals surface area contributed by atoms with E-state index in [1.165, 1.54) is 19.2 Å². The normalized spacial score (nSPS) is 10.0. The second-order valence-corrected chi connectivity index (χ2v) is 3.47. The van der Waals surface area contributed by atoms with Crippen LogP contribution in [-0.4, -0.2) is 18.4 Å². The minimum atomic E-state index is -0.541. The van der Waals surface area contributed by atoms with Gasteiger partial charge >= 0.3 is 0 Å². The highest BCUT2D eigenvalue weighted by Crippen LogP contribution is 2.23. The lowest BCUT2D eigenvalue weighted by atomic mass is 10.1. The zero-order valence-electron chi connectivity index (χ0n) is 9.18. The van der Waals surface area contributed by atoms with E-state index in [0.29, 0.717) is 17.6 Å². The Morgan fingerprint density at radius 1 is 1.24 bits per heavy atom. The summed E-state index contributed by atoms with van der Waals surface area (Å²) in [6, 6.07) is 6.17. The average molecular weight is 231 g/mol. The lowest BCUT2D eigenvalue weighted by Gasteiger charge is -2.04. The minimum absolute atomic E-state index is 0.0459. The Labute approximate surface area is 97.9 Å². The smallest absolute Gasteiger partial charge is 0.152 e. The number of carbonyl (C=O) groups is 1. The van der Waals surface area contributed by atoms with Crippen molar-refractivity contribution >= 4 is 6.29 Å². The van der Waals surface area contributed by atoms with Gasteiger partial charge in [-0.25, -0.2) is 4.39 Å². The van der Waals surface area contributed by atoms with Crippen LogP contribution in [0.1, 0.15) is 10.4 Å². The van der Waals surface area contributed by atoms with Crippen LogP contribution < -0.4 is 4.74 Å². The molecule has 1 heterocycles. The van der Waals surface area contributed by atoms with E-state index in [0.717, 1.165) is 5.56 Å². The van der Waals surface area contributed by atoms with Crippen molar-refractivity contribution in [3.8, 4) is 16.9 Å². The third-order valence-electron chi connectivity index (χ3n) is 2.41. The van der Waals surface area contributed by atoms with Crippen LogP contribution in [0.25, 0.3) is 11.1 Å². The molecule has 0 N–H and O–H groups in total. The van der Waals surface area contributed by atoms with Gasteiger partial charge in [0.05, 0.1) is 18.9 Å². The molecule has 0 fully saturated rings. The van der Waals surface area contributed by atoms with Gasteiger partial charge in [-0.2, -0.15) is 0 Å². The minimum Gasteiger partial charge on any atom is -0.495 e. The molecule has 3 nitrogen and oxygen atoms in total. The van der Waals surface area contributed by atoms with Crippen molar-refractivity contribution in [1.29, 1.82) is 0 Å². The Balaban J connectivity index is 2.45. The second kappa shape index (κ2) is 4.74. The van der Waals surface area contributed by atoms with E-state index < -0.39 is 5.82 Å². The van der Waals surface area contributed by atoms with Gasteiger partial charge in [-0.05, 0) is 23.8 Å². The molecule has 0 spiro atoms. The first kappa shape index (κ1) is 11.3. The molecular weight excluding hydrogens is 221 g/mol. The maximum absolute atomic E-state index is 13.4. The predicted molar refractivity (Wildman–Crippen MR) is 61.6 cm³/mol. The quantitative estimate of drug-likeness (QED) is 0.762. The highest BCUT2D eigenvalue weighted by Gasteiger charge is 2.05. The molecule has 0 aliphatic heterocycles. The van der Waals surface area contributed by atoms with Gasteiger partial charge in [0.25, 0.3) is 0 Å². The van der Waals surface area contributed by atoms with Gasteiger partial charge in [0.15, 0.2) is 6.29 Å².